The van der Waals surface area contributed by atoms with Gasteiger partial charge >= 0.3 is 0 Å². The third-order valence-electron chi connectivity index (χ3n) is 5.86. The standard InChI is InChI=1S/C17H32N2/c1-2-3-4-8-14-13-16-15(9-7-11-18-16)17-10-5-6-12-19(14)17/h14-18H,2-13H2,1H3/t14-,15+,16-,17-/m1/s1. The van der Waals surface area contributed by atoms with Crippen LogP contribution in [0.2, 0.25) is 0 Å². The molecular weight excluding hydrogens is 232 g/mol. The summed E-state index contributed by atoms with van der Waals surface area (Å²) in [5, 5.41) is 3.85. The summed E-state index contributed by atoms with van der Waals surface area (Å²) in [7, 11) is 0. The first-order chi connectivity index (χ1) is 9.40. The number of hydrogen-bond donors (Lipinski definition) is 1. The van der Waals surface area contributed by atoms with E-state index >= 15 is 0 Å². The largest absolute Gasteiger partial charge is 0.314 e. The summed E-state index contributed by atoms with van der Waals surface area (Å²) in [6.45, 7) is 4.99. The molecule has 0 aromatic carbocycles. The molecule has 4 atom stereocenters. The number of unbranched alkanes of at least 4 members (excludes halogenated alkanes) is 2. The first kappa shape index (κ1) is 13.9. The monoisotopic (exact) mass is 264 g/mol. The maximum Gasteiger partial charge on any atom is 0.0141 e. The van der Waals surface area contributed by atoms with Gasteiger partial charge in [-0.2, -0.15) is 0 Å². The normalized spacial score (nSPS) is 39.6. The third-order valence-corrected chi connectivity index (χ3v) is 5.86. The van der Waals surface area contributed by atoms with Crippen LogP contribution in [0.15, 0.2) is 0 Å². The lowest BCUT2D eigenvalue weighted by molar-refractivity contribution is -0.0230. The molecule has 3 saturated heterocycles. The second kappa shape index (κ2) is 6.58. The van der Waals surface area contributed by atoms with E-state index in [9.17, 15) is 0 Å². The lowest BCUT2D eigenvalue weighted by atomic mass is 9.73. The molecule has 110 valence electrons. The van der Waals surface area contributed by atoms with Crippen molar-refractivity contribution in [2.75, 3.05) is 13.1 Å². The Morgan fingerprint density at radius 1 is 1.11 bits per heavy atom. The van der Waals surface area contributed by atoms with E-state index in [2.05, 4.69) is 17.1 Å². The molecule has 0 aromatic heterocycles. The van der Waals surface area contributed by atoms with Gasteiger partial charge in [0.2, 0.25) is 0 Å². The van der Waals surface area contributed by atoms with Gasteiger partial charge in [0.05, 0.1) is 0 Å². The summed E-state index contributed by atoms with van der Waals surface area (Å²) < 4.78 is 0. The number of rotatable bonds is 4. The van der Waals surface area contributed by atoms with Crippen molar-refractivity contribution >= 4 is 0 Å². The van der Waals surface area contributed by atoms with Gasteiger partial charge in [-0.25, -0.2) is 0 Å². The Hall–Kier alpha value is -0.0800. The zero-order valence-corrected chi connectivity index (χ0v) is 12.7. The Kier molecular flexibility index (Phi) is 4.81. The van der Waals surface area contributed by atoms with Crippen LogP contribution in [0.4, 0.5) is 0 Å². The summed E-state index contributed by atoms with van der Waals surface area (Å²) in [5.74, 6) is 0.969. The van der Waals surface area contributed by atoms with Crippen LogP contribution in [0.25, 0.3) is 0 Å². The quantitative estimate of drug-likeness (QED) is 0.781. The Bertz CT molecular complexity index is 278. The fourth-order valence-corrected chi connectivity index (χ4v) is 4.93. The minimum atomic E-state index is 0.847. The first-order valence-electron chi connectivity index (χ1n) is 8.89. The summed E-state index contributed by atoms with van der Waals surface area (Å²) in [6, 6.07) is 2.66. The minimum Gasteiger partial charge on any atom is -0.314 e. The fourth-order valence-electron chi connectivity index (χ4n) is 4.93. The van der Waals surface area contributed by atoms with E-state index in [-0.39, 0.29) is 0 Å². The van der Waals surface area contributed by atoms with Gasteiger partial charge in [0.15, 0.2) is 0 Å². The number of nitrogens with one attached hydrogen (secondary N) is 1. The molecule has 1 N–H and O–H groups in total. The maximum absolute atomic E-state index is 3.85. The zero-order chi connectivity index (χ0) is 13.1. The lowest BCUT2D eigenvalue weighted by Crippen LogP contribution is -2.62. The van der Waals surface area contributed by atoms with Crippen LogP contribution in [0, 0.1) is 5.92 Å². The van der Waals surface area contributed by atoms with Crippen LogP contribution in [-0.4, -0.2) is 36.1 Å². The molecule has 0 bridgehead atoms. The third kappa shape index (κ3) is 3.00. The molecule has 0 aromatic rings. The molecule has 3 aliphatic rings. The van der Waals surface area contributed by atoms with Crippen LogP contribution in [-0.2, 0) is 0 Å². The molecule has 3 rings (SSSR count). The second-order valence-corrected chi connectivity index (χ2v) is 7.05. The topological polar surface area (TPSA) is 15.3 Å². The maximum atomic E-state index is 3.85. The van der Waals surface area contributed by atoms with E-state index < -0.39 is 0 Å². The van der Waals surface area contributed by atoms with Gasteiger partial charge in [-0.15, -0.1) is 0 Å². The molecule has 3 fully saturated rings. The molecule has 0 unspecified atom stereocenters. The van der Waals surface area contributed by atoms with Crippen LogP contribution in [0.3, 0.4) is 0 Å². The summed E-state index contributed by atoms with van der Waals surface area (Å²) in [5.41, 5.74) is 0. The van der Waals surface area contributed by atoms with Crippen LogP contribution < -0.4 is 5.32 Å². The summed E-state index contributed by atoms with van der Waals surface area (Å²) in [4.78, 5) is 2.94. The average molecular weight is 264 g/mol. The van der Waals surface area contributed by atoms with Crippen molar-refractivity contribution in [3.05, 3.63) is 0 Å². The number of hydrogen-bond acceptors (Lipinski definition) is 2. The predicted octanol–water partition coefficient (Wildman–Crippen LogP) is 3.56. The van der Waals surface area contributed by atoms with E-state index in [1.807, 2.05) is 0 Å². The molecule has 2 nitrogen and oxygen atoms in total. The molecular formula is C17H32N2. The van der Waals surface area contributed by atoms with Gasteiger partial charge < -0.3 is 5.32 Å². The summed E-state index contributed by atoms with van der Waals surface area (Å²) in [6.07, 6.45) is 14.4. The molecule has 2 heteroatoms. The van der Waals surface area contributed by atoms with Crippen molar-refractivity contribution in [2.45, 2.75) is 89.3 Å². The molecule has 0 saturated carbocycles. The molecule has 0 amide bonds. The van der Waals surface area contributed by atoms with Crippen LogP contribution in [0.1, 0.15) is 71.1 Å². The van der Waals surface area contributed by atoms with Crippen molar-refractivity contribution in [2.24, 2.45) is 5.92 Å². The molecule has 19 heavy (non-hydrogen) atoms. The highest BCUT2D eigenvalue weighted by molar-refractivity contribution is 5.00. The first-order valence-corrected chi connectivity index (χ1v) is 8.89. The van der Waals surface area contributed by atoms with Crippen molar-refractivity contribution < 1.29 is 0 Å². The van der Waals surface area contributed by atoms with E-state index in [1.54, 1.807) is 0 Å². The van der Waals surface area contributed by atoms with Crippen LogP contribution >= 0.6 is 0 Å². The second-order valence-electron chi connectivity index (χ2n) is 7.05. The smallest absolute Gasteiger partial charge is 0.0141 e. The molecule has 0 radical (unpaired) electrons. The van der Waals surface area contributed by atoms with Crippen molar-refractivity contribution in [1.29, 1.82) is 0 Å². The molecule has 3 heterocycles. The Labute approximate surface area is 119 Å². The van der Waals surface area contributed by atoms with Gasteiger partial charge in [0.1, 0.15) is 0 Å². The molecule has 0 spiro atoms. The predicted molar refractivity (Wildman–Crippen MR) is 81.4 cm³/mol. The number of piperidine rings is 3. The lowest BCUT2D eigenvalue weighted by Gasteiger charge is -2.54. The van der Waals surface area contributed by atoms with Crippen molar-refractivity contribution in [3.63, 3.8) is 0 Å². The number of nitrogens with zero attached hydrogens (tertiary/aromatic N) is 1. The van der Waals surface area contributed by atoms with Crippen molar-refractivity contribution in [3.8, 4) is 0 Å². The summed E-state index contributed by atoms with van der Waals surface area (Å²) >= 11 is 0. The van der Waals surface area contributed by atoms with Crippen molar-refractivity contribution in [1.82, 2.24) is 10.2 Å². The Morgan fingerprint density at radius 2 is 2.05 bits per heavy atom. The van der Waals surface area contributed by atoms with E-state index in [1.165, 1.54) is 77.3 Å². The Morgan fingerprint density at radius 3 is 2.95 bits per heavy atom. The molecule has 3 aliphatic heterocycles. The highest BCUT2D eigenvalue weighted by Crippen LogP contribution is 2.39. The highest BCUT2D eigenvalue weighted by atomic mass is 15.2. The van der Waals surface area contributed by atoms with E-state index in [4.69, 9.17) is 0 Å². The average Bonchev–Trinajstić information content (AvgIpc) is 2.47. The SMILES string of the molecule is CCCCC[C@@H]1C[C@H]2NCCC[C@@H]2[C@H]2CCCCN12. The minimum absolute atomic E-state index is 0.847. The zero-order valence-electron chi connectivity index (χ0n) is 12.7. The van der Waals surface area contributed by atoms with Crippen LogP contribution in [0.5, 0.6) is 0 Å². The number of fused-ring (bicyclic) bond motifs is 3. The van der Waals surface area contributed by atoms with E-state index in [0.29, 0.717) is 0 Å². The molecule has 0 aliphatic carbocycles. The Balaban J connectivity index is 1.66. The van der Waals surface area contributed by atoms with Gasteiger partial charge in [0, 0.05) is 18.1 Å². The van der Waals surface area contributed by atoms with Gasteiger partial charge in [-0.1, -0.05) is 32.6 Å². The highest BCUT2D eigenvalue weighted by Gasteiger charge is 2.43. The van der Waals surface area contributed by atoms with Gasteiger partial charge in [-0.05, 0) is 57.5 Å². The van der Waals surface area contributed by atoms with Gasteiger partial charge in [-0.3, -0.25) is 4.90 Å². The fraction of sp³-hybridized carbons (Fsp3) is 1.00. The van der Waals surface area contributed by atoms with E-state index in [0.717, 1.165) is 24.0 Å². The van der Waals surface area contributed by atoms with Gasteiger partial charge in [0.25, 0.3) is 0 Å².